The molecule has 1 unspecified atom stereocenters. The van der Waals surface area contributed by atoms with Crippen LogP contribution in [-0.2, 0) is 11.2 Å². The zero-order valence-corrected chi connectivity index (χ0v) is 19.0. The van der Waals surface area contributed by atoms with Gasteiger partial charge in [0.05, 0.1) is 4.92 Å². The largest absolute Gasteiger partial charge is 0.354 e. The van der Waals surface area contributed by atoms with Crippen molar-refractivity contribution < 1.29 is 9.72 Å². The summed E-state index contributed by atoms with van der Waals surface area (Å²) in [6.45, 7) is 5.09. The van der Waals surface area contributed by atoms with Gasteiger partial charge in [-0.1, -0.05) is 24.9 Å². The number of rotatable bonds is 8. The summed E-state index contributed by atoms with van der Waals surface area (Å²) in [5, 5.41) is 17.3. The van der Waals surface area contributed by atoms with E-state index in [4.69, 9.17) is 11.6 Å². The first-order valence-electron chi connectivity index (χ1n) is 9.96. The predicted molar refractivity (Wildman–Crippen MR) is 124 cm³/mol. The lowest BCUT2D eigenvalue weighted by molar-refractivity contribution is -0.384. The van der Waals surface area contributed by atoms with Crippen LogP contribution in [0, 0.1) is 10.1 Å². The third-order valence-corrected chi connectivity index (χ3v) is 5.19. The van der Waals surface area contributed by atoms with Crippen molar-refractivity contribution in [1.82, 2.24) is 15.3 Å². The van der Waals surface area contributed by atoms with Gasteiger partial charge in [0.25, 0.3) is 5.69 Å². The van der Waals surface area contributed by atoms with Crippen molar-refractivity contribution in [3.05, 3.63) is 45.1 Å². The van der Waals surface area contributed by atoms with Gasteiger partial charge in [0.1, 0.15) is 10.8 Å². The van der Waals surface area contributed by atoms with E-state index < -0.39 is 4.92 Å². The highest BCUT2D eigenvalue weighted by molar-refractivity contribution is 6.32. The Balaban J connectivity index is 0.00000341. The number of hydrogen-bond donors (Lipinski definition) is 2. The Kier molecular flexibility index (Phi) is 8.82. The molecule has 1 fully saturated rings. The van der Waals surface area contributed by atoms with E-state index in [1.54, 1.807) is 6.07 Å². The van der Waals surface area contributed by atoms with Crippen molar-refractivity contribution in [2.75, 3.05) is 23.3 Å². The zero-order valence-electron chi connectivity index (χ0n) is 17.4. The third-order valence-electron chi connectivity index (χ3n) is 4.87. The van der Waals surface area contributed by atoms with Crippen LogP contribution in [0.1, 0.15) is 38.8 Å². The number of aryl methyl sites for hydroxylation is 1. The highest BCUT2D eigenvalue weighted by Crippen LogP contribution is 2.29. The topological polar surface area (TPSA) is 113 Å². The third kappa shape index (κ3) is 6.67. The average molecular weight is 469 g/mol. The second kappa shape index (κ2) is 11.1. The molecule has 2 N–H and O–H groups in total. The lowest BCUT2D eigenvalue weighted by Crippen LogP contribution is -2.35. The summed E-state index contributed by atoms with van der Waals surface area (Å²) < 4.78 is 0. The molecule has 1 amide bonds. The summed E-state index contributed by atoms with van der Waals surface area (Å²) in [6, 6.07) is 6.56. The van der Waals surface area contributed by atoms with Crippen LogP contribution >= 0.6 is 24.0 Å². The van der Waals surface area contributed by atoms with E-state index in [0.717, 1.165) is 43.7 Å². The van der Waals surface area contributed by atoms with Crippen LogP contribution < -0.4 is 15.5 Å². The smallest absolute Gasteiger partial charge is 0.289 e. The molecule has 9 nitrogen and oxygen atoms in total. The lowest BCUT2D eigenvalue weighted by Gasteiger charge is -2.19. The van der Waals surface area contributed by atoms with Crippen molar-refractivity contribution in [3.8, 4) is 0 Å². The molecule has 1 aromatic heterocycles. The van der Waals surface area contributed by atoms with Gasteiger partial charge in [-0.2, -0.15) is 4.98 Å². The highest BCUT2D eigenvalue weighted by Gasteiger charge is 2.25. The number of hydrogen-bond acceptors (Lipinski definition) is 7. The molecule has 1 aliphatic heterocycles. The summed E-state index contributed by atoms with van der Waals surface area (Å²) in [5.74, 6) is 1.10. The Bertz CT molecular complexity index is 943. The van der Waals surface area contributed by atoms with Gasteiger partial charge in [-0.3, -0.25) is 14.9 Å². The van der Waals surface area contributed by atoms with E-state index >= 15 is 0 Å². The van der Waals surface area contributed by atoms with E-state index in [1.807, 2.05) is 6.07 Å². The second-order valence-corrected chi connectivity index (χ2v) is 7.73. The number of nitrogens with one attached hydrogen (secondary N) is 2. The molecule has 0 bridgehead atoms. The van der Waals surface area contributed by atoms with Gasteiger partial charge < -0.3 is 15.5 Å². The predicted octanol–water partition coefficient (Wildman–Crippen LogP) is 4.26. The van der Waals surface area contributed by atoms with Crippen molar-refractivity contribution in [1.29, 1.82) is 0 Å². The SMILES string of the molecule is CCCCc1cc(N2CCC(NC(C)=O)C2)nc(Nc2ccc(Cl)c([N+](=O)[O-])c2)n1.Cl. The maximum absolute atomic E-state index is 11.3. The minimum atomic E-state index is -0.524. The molecule has 11 heteroatoms. The number of anilines is 3. The minimum absolute atomic E-state index is 0. The highest BCUT2D eigenvalue weighted by atomic mass is 35.5. The Hall–Kier alpha value is -2.65. The van der Waals surface area contributed by atoms with Gasteiger partial charge in [0, 0.05) is 49.6 Å². The number of nitrogens with zero attached hydrogens (tertiary/aromatic N) is 4. The molecule has 1 saturated heterocycles. The molecule has 1 aliphatic rings. The normalized spacial score (nSPS) is 15.3. The quantitative estimate of drug-likeness (QED) is 0.439. The molecule has 1 atom stereocenters. The summed E-state index contributed by atoms with van der Waals surface area (Å²) in [7, 11) is 0. The van der Waals surface area contributed by atoms with Crippen molar-refractivity contribution >= 4 is 53.1 Å². The number of nitro benzene ring substituents is 1. The maximum Gasteiger partial charge on any atom is 0.289 e. The van der Waals surface area contributed by atoms with E-state index in [1.165, 1.54) is 19.1 Å². The summed E-state index contributed by atoms with van der Waals surface area (Å²) >= 11 is 5.90. The second-order valence-electron chi connectivity index (χ2n) is 7.33. The summed E-state index contributed by atoms with van der Waals surface area (Å²) in [6.07, 6.45) is 3.70. The Labute approximate surface area is 192 Å². The zero-order chi connectivity index (χ0) is 21.7. The molecule has 0 spiro atoms. The van der Waals surface area contributed by atoms with Gasteiger partial charge in [-0.25, -0.2) is 4.98 Å². The standard InChI is InChI=1S/C20H25ClN6O3.ClH/c1-3-4-5-14-11-19(26-9-8-16(12-26)22-13(2)28)25-20(23-14)24-15-6-7-17(21)18(10-15)27(29)30;/h6-7,10-11,16H,3-5,8-9,12H2,1-2H3,(H,22,28)(H,23,24,25);1H. The molecule has 2 aromatic rings. The Morgan fingerprint density at radius 3 is 2.81 bits per heavy atom. The molecular weight excluding hydrogens is 443 g/mol. The fraction of sp³-hybridized carbons (Fsp3) is 0.450. The number of benzene rings is 1. The number of carbonyl (C=O) groups is 1. The number of amides is 1. The monoisotopic (exact) mass is 468 g/mol. The van der Waals surface area contributed by atoms with Crippen LogP contribution in [0.15, 0.2) is 24.3 Å². The summed E-state index contributed by atoms with van der Waals surface area (Å²) in [5.41, 5.74) is 1.21. The number of carbonyl (C=O) groups excluding carboxylic acids is 1. The molecule has 0 aliphatic carbocycles. The van der Waals surface area contributed by atoms with Crippen LogP contribution in [-0.4, -0.2) is 39.9 Å². The Morgan fingerprint density at radius 1 is 1.35 bits per heavy atom. The van der Waals surface area contributed by atoms with Gasteiger partial charge in [0.2, 0.25) is 11.9 Å². The molecule has 2 heterocycles. The first kappa shape index (κ1) is 24.6. The number of nitro groups is 1. The average Bonchev–Trinajstić information content (AvgIpc) is 3.15. The molecule has 3 rings (SSSR count). The van der Waals surface area contributed by atoms with E-state index in [9.17, 15) is 14.9 Å². The van der Waals surface area contributed by atoms with E-state index in [2.05, 4.69) is 32.4 Å². The van der Waals surface area contributed by atoms with E-state index in [-0.39, 0.29) is 35.1 Å². The molecule has 1 aromatic carbocycles. The van der Waals surface area contributed by atoms with E-state index in [0.29, 0.717) is 18.2 Å². The van der Waals surface area contributed by atoms with Gasteiger partial charge >= 0.3 is 0 Å². The summed E-state index contributed by atoms with van der Waals surface area (Å²) in [4.78, 5) is 33.3. The van der Waals surface area contributed by atoms with Crippen molar-refractivity contribution in [2.24, 2.45) is 0 Å². The number of unbranched alkanes of at least 4 members (excludes halogenated alkanes) is 1. The maximum atomic E-state index is 11.3. The molecule has 0 saturated carbocycles. The lowest BCUT2D eigenvalue weighted by atomic mass is 10.2. The van der Waals surface area contributed by atoms with Crippen LogP contribution in [0.2, 0.25) is 5.02 Å². The van der Waals surface area contributed by atoms with Gasteiger partial charge in [-0.05, 0) is 31.4 Å². The van der Waals surface area contributed by atoms with Gasteiger partial charge in [0.15, 0.2) is 0 Å². The fourth-order valence-corrected chi connectivity index (χ4v) is 3.61. The first-order chi connectivity index (χ1) is 14.4. The van der Waals surface area contributed by atoms with Crippen molar-refractivity contribution in [3.63, 3.8) is 0 Å². The van der Waals surface area contributed by atoms with Crippen LogP contribution in [0.3, 0.4) is 0 Å². The van der Waals surface area contributed by atoms with Crippen LogP contribution in [0.5, 0.6) is 0 Å². The Morgan fingerprint density at radius 2 is 2.13 bits per heavy atom. The molecule has 168 valence electrons. The molecule has 31 heavy (non-hydrogen) atoms. The fourth-order valence-electron chi connectivity index (χ4n) is 3.42. The van der Waals surface area contributed by atoms with Crippen LogP contribution in [0.25, 0.3) is 0 Å². The molecular formula is C20H26Cl2N6O3. The van der Waals surface area contributed by atoms with Crippen molar-refractivity contribution in [2.45, 2.75) is 45.6 Å². The first-order valence-corrected chi connectivity index (χ1v) is 10.3. The molecule has 0 radical (unpaired) electrons. The van der Waals surface area contributed by atoms with Crippen LogP contribution in [0.4, 0.5) is 23.1 Å². The number of halogens is 2. The minimum Gasteiger partial charge on any atom is -0.354 e. The number of aromatic nitrogens is 2. The van der Waals surface area contributed by atoms with Gasteiger partial charge in [-0.15, -0.1) is 12.4 Å².